The van der Waals surface area contributed by atoms with Crippen LogP contribution in [0.1, 0.15) is 51.9 Å². The van der Waals surface area contributed by atoms with Gasteiger partial charge in [-0.25, -0.2) is 4.99 Å². The van der Waals surface area contributed by atoms with Crippen LogP contribution < -0.4 is 0 Å². The lowest BCUT2D eigenvalue weighted by molar-refractivity contribution is -0.837. The molecule has 28 heavy (non-hydrogen) atoms. The second-order valence-corrected chi connectivity index (χ2v) is 8.93. The van der Waals surface area contributed by atoms with Gasteiger partial charge in [-0.3, -0.25) is 13.8 Å². The molecule has 0 fully saturated rings. The molecule has 0 radical (unpaired) electrons. The Morgan fingerprint density at radius 1 is 1.25 bits per heavy atom. The maximum atomic E-state index is 12.6. The number of hydrogen-bond donors (Lipinski definition) is 3. The number of hydrogen-bond acceptors (Lipinski definition) is 6. The number of aliphatic hydroxyl groups excluding tert-OH is 2. The fourth-order valence-corrected chi connectivity index (χ4v) is 4.19. The minimum absolute atomic E-state index is 0.0760. The van der Waals surface area contributed by atoms with Crippen LogP contribution in [0, 0.1) is 0 Å². The Bertz CT molecular complexity index is 647. The number of aliphatic hydroxyl groups is 2. The number of amidine groups is 1. The number of nitrogens with zero attached hydrogens (tertiary/aromatic N) is 2. The molecule has 2 unspecified atom stereocenters. The lowest BCUT2D eigenvalue weighted by Crippen LogP contribution is -2.58. The molecule has 0 aliphatic carbocycles. The van der Waals surface area contributed by atoms with Gasteiger partial charge in [0, 0.05) is 0 Å². The van der Waals surface area contributed by atoms with Crippen LogP contribution in [-0.2, 0) is 14.9 Å². The highest BCUT2D eigenvalue weighted by Crippen LogP contribution is 2.18. The minimum Gasteiger partial charge on any atom is -0.390 e. The Hall–Kier alpha value is -1.13. The summed E-state index contributed by atoms with van der Waals surface area (Å²) in [6.45, 7) is 2.76. The van der Waals surface area contributed by atoms with Crippen LogP contribution in [0.3, 0.4) is 0 Å². The van der Waals surface area contributed by atoms with Crippen LogP contribution in [-0.4, -0.2) is 83.9 Å². The number of rotatable bonds is 15. The number of allylic oxidation sites excluding steroid dienone is 1. The molecule has 0 saturated carbocycles. The largest absolute Gasteiger partial charge is 0.390 e. The summed E-state index contributed by atoms with van der Waals surface area (Å²) in [6.07, 6.45) is 9.80. The molecule has 1 aliphatic heterocycles. The van der Waals surface area contributed by atoms with Crippen molar-refractivity contribution in [2.75, 3.05) is 38.5 Å². The van der Waals surface area contributed by atoms with Gasteiger partial charge in [0.2, 0.25) is 0 Å². The lowest BCUT2D eigenvalue weighted by Gasteiger charge is -2.34. The van der Waals surface area contributed by atoms with Crippen LogP contribution >= 0.6 is 0 Å². The van der Waals surface area contributed by atoms with E-state index < -0.39 is 22.0 Å². The Morgan fingerprint density at radius 2 is 1.93 bits per heavy atom. The smallest absolute Gasteiger partial charge is 0.271 e. The molecule has 0 bridgehead atoms. The van der Waals surface area contributed by atoms with Crippen molar-refractivity contribution >= 4 is 21.7 Å². The third-order valence-electron chi connectivity index (χ3n) is 4.94. The molecule has 9 heteroatoms. The average molecular weight is 420 g/mol. The highest BCUT2D eigenvalue weighted by atomic mass is 32.2. The number of unbranched alkanes of at least 4 members (excludes halogenated alkanes) is 6. The molecule has 1 heterocycles. The van der Waals surface area contributed by atoms with Crippen molar-refractivity contribution in [2.45, 2.75) is 58.0 Å². The first-order valence-corrected chi connectivity index (χ1v) is 11.7. The van der Waals surface area contributed by atoms with E-state index in [2.05, 4.69) is 11.9 Å². The van der Waals surface area contributed by atoms with Crippen molar-refractivity contribution in [2.24, 2.45) is 4.99 Å². The average Bonchev–Trinajstić information content (AvgIpc) is 2.98. The first-order valence-electron chi connectivity index (χ1n) is 10.1. The summed E-state index contributed by atoms with van der Waals surface area (Å²) in [5.41, 5.74) is 0. The molecular weight excluding hydrogens is 384 g/mol. The molecule has 0 amide bonds. The van der Waals surface area contributed by atoms with Crippen LogP contribution in [0.15, 0.2) is 17.1 Å². The van der Waals surface area contributed by atoms with Crippen molar-refractivity contribution in [3.63, 3.8) is 0 Å². The van der Waals surface area contributed by atoms with Gasteiger partial charge >= 0.3 is 0 Å². The molecule has 1 rings (SSSR count). The van der Waals surface area contributed by atoms with Gasteiger partial charge < -0.3 is 10.2 Å². The molecule has 2 atom stereocenters. The molecule has 162 valence electrons. The zero-order valence-corrected chi connectivity index (χ0v) is 17.6. The zero-order chi connectivity index (χ0) is 21.0. The molecule has 0 spiro atoms. The van der Waals surface area contributed by atoms with Gasteiger partial charge in [-0.15, -0.1) is 0 Å². The molecule has 0 aromatic carbocycles. The predicted molar refractivity (Wildman–Crippen MR) is 109 cm³/mol. The number of ketones is 1. The first-order chi connectivity index (χ1) is 13.2. The van der Waals surface area contributed by atoms with Gasteiger partial charge in [0.15, 0.2) is 0 Å². The summed E-state index contributed by atoms with van der Waals surface area (Å²) in [5, 5.41) is 19.5. The van der Waals surface area contributed by atoms with Crippen LogP contribution in [0.5, 0.6) is 0 Å². The Kier molecular flexibility index (Phi) is 11.1. The summed E-state index contributed by atoms with van der Waals surface area (Å²) < 4.78 is 30.9. The van der Waals surface area contributed by atoms with Crippen molar-refractivity contribution in [1.29, 1.82) is 0 Å². The van der Waals surface area contributed by atoms with Crippen molar-refractivity contribution in [3.05, 3.63) is 12.2 Å². The van der Waals surface area contributed by atoms with Gasteiger partial charge in [-0.05, 0) is 18.9 Å². The first kappa shape index (κ1) is 24.9. The van der Waals surface area contributed by atoms with Gasteiger partial charge in [-0.1, -0.05) is 45.1 Å². The van der Waals surface area contributed by atoms with E-state index in [0.717, 1.165) is 19.3 Å². The van der Waals surface area contributed by atoms with Gasteiger partial charge in [-0.2, -0.15) is 8.42 Å². The maximum Gasteiger partial charge on any atom is 0.271 e. The van der Waals surface area contributed by atoms with E-state index in [1.807, 2.05) is 6.08 Å². The van der Waals surface area contributed by atoms with Gasteiger partial charge in [0.25, 0.3) is 21.7 Å². The second kappa shape index (κ2) is 12.4. The topological polar surface area (TPSA) is 124 Å². The summed E-state index contributed by atoms with van der Waals surface area (Å²) in [5.74, 6) is -0.869. The van der Waals surface area contributed by atoms with E-state index in [-0.39, 0.29) is 35.8 Å². The lowest BCUT2D eigenvalue weighted by atomic mass is 10.1. The Morgan fingerprint density at radius 3 is 2.57 bits per heavy atom. The number of aliphatic imine (C=N–C) groups is 1. The molecule has 0 saturated heterocycles. The van der Waals surface area contributed by atoms with E-state index in [9.17, 15) is 23.4 Å². The third kappa shape index (κ3) is 8.91. The number of carbonyl (C=O) groups is 1. The highest BCUT2D eigenvalue weighted by Gasteiger charge is 2.43. The third-order valence-corrected chi connectivity index (χ3v) is 5.75. The molecule has 0 aromatic rings. The Labute approximate surface area is 168 Å². The van der Waals surface area contributed by atoms with Crippen molar-refractivity contribution in [3.8, 4) is 0 Å². The molecule has 1 aliphatic rings. The molecular formula is C19H35N2O6S+. The second-order valence-electron chi connectivity index (χ2n) is 7.43. The SMILES string of the molecule is CCCCCCCC/C=C/C(=O)C1=NCC[N+]1(CCO)CC(O)CS(=O)(=O)O. The van der Waals surface area contributed by atoms with E-state index in [1.54, 1.807) is 0 Å². The van der Waals surface area contributed by atoms with E-state index >= 15 is 0 Å². The maximum absolute atomic E-state index is 12.6. The number of quaternary nitrogens is 1. The fourth-order valence-electron chi connectivity index (χ4n) is 3.60. The van der Waals surface area contributed by atoms with Crippen LogP contribution in [0.2, 0.25) is 0 Å². The van der Waals surface area contributed by atoms with Crippen LogP contribution in [0.25, 0.3) is 0 Å². The predicted octanol–water partition coefficient (Wildman–Crippen LogP) is 1.33. The quantitative estimate of drug-likeness (QED) is 0.159. The van der Waals surface area contributed by atoms with Crippen LogP contribution in [0.4, 0.5) is 0 Å². The van der Waals surface area contributed by atoms with Gasteiger partial charge in [0.05, 0.1) is 13.2 Å². The van der Waals surface area contributed by atoms with Crippen molar-refractivity contribution in [1.82, 2.24) is 0 Å². The summed E-state index contributed by atoms with van der Waals surface area (Å²) >= 11 is 0. The molecule has 0 aromatic heterocycles. The number of carbonyl (C=O) groups excluding carboxylic acids is 1. The zero-order valence-electron chi connectivity index (χ0n) is 16.8. The van der Waals surface area contributed by atoms with E-state index in [0.29, 0.717) is 13.1 Å². The summed E-state index contributed by atoms with van der Waals surface area (Å²) in [6, 6.07) is 0. The van der Waals surface area contributed by atoms with E-state index in [1.165, 1.54) is 31.8 Å². The standard InChI is InChI=1S/C19H34N2O6S/c1-2-3-4-5-6-7-8-9-10-18(24)19-20-11-12-21(19,13-14-22)15-17(23)16-28(25,26)27/h9-10,17,22-23H,2-8,11-16H2,1H3/p+1/b10-9+. The monoisotopic (exact) mass is 419 g/mol. The fraction of sp³-hybridized carbons (Fsp3) is 0.789. The normalized spacial score (nSPS) is 21.2. The summed E-state index contributed by atoms with van der Waals surface area (Å²) in [4.78, 5) is 16.9. The molecule has 3 N–H and O–H groups in total. The van der Waals surface area contributed by atoms with Crippen molar-refractivity contribution < 1.29 is 32.5 Å². The van der Waals surface area contributed by atoms with E-state index in [4.69, 9.17) is 4.55 Å². The summed E-state index contributed by atoms with van der Waals surface area (Å²) in [7, 11) is -4.33. The Balaban J connectivity index is 2.64. The molecule has 8 nitrogen and oxygen atoms in total. The minimum atomic E-state index is -4.33. The van der Waals surface area contributed by atoms with Gasteiger partial charge in [0.1, 0.15) is 31.5 Å². The highest BCUT2D eigenvalue weighted by molar-refractivity contribution is 7.85.